The lowest BCUT2D eigenvalue weighted by atomic mass is 10.4. The zero-order chi connectivity index (χ0) is 13.5. The molecule has 0 aliphatic heterocycles. The maximum Gasteiger partial charge on any atom is 0.230 e. The maximum absolute atomic E-state index is 11.6. The molecule has 0 saturated carbocycles. The Morgan fingerprint density at radius 2 is 2.37 bits per heavy atom. The Kier molecular flexibility index (Phi) is 5.17. The molecule has 0 radical (unpaired) electrons. The van der Waals surface area contributed by atoms with Crippen LogP contribution in [0.2, 0.25) is 0 Å². The fraction of sp³-hybridized carbons (Fsp3) is 0.417. The highest BCUT2D eigenvalue weighted by Gasteiger charge is 2.08. The van der Waals surface area contributed by atoms with E-state index in [0.29, 0.717) is 18.9 Å². The highest BCUT2D eigenvalue weighted by Crippen LogP contribution is 2.15. The minimum atomic E-state index is -0.00576. The lowest BCUT2D eigenvalue weighted by Crippen LogP contribution is -2.26. The normalized spacial score (nSPS) is 10.8. The molecule has 0 saturated heterocycles. The highest BCUT2D eigenvalue weighted by molar-refractivity contribution is 7.99. The van der Waals surface area contributed by atoms with E-state index in [-0.39, 0.29) is 5.91 Å². The van der Waals surface area contributed by atoms with Gasteiger partial charge in [-0.05, 0) is 18.6 Å². The lowest BCUT2D eigenvalue weighted by Gasteiger charge is -2.03. The van der Waals surface area contributed by atoms with Gasteiger partial charge < -0.3 is 10.1 Å². The predicted molar refractivity (Wildman–Crippen MR) is 73.2 cm³/mol. The second-order valence-corrected chi connectivity index (χ2v) is 4.84. The highest BCUT2D eigenvalue weighted by atomic mass is 32.2. The van der Waals surface area contributed by atoms with Crippen molar-refractivity contribution in [2.24, 2.45) is 0 Å². The van der Waals surface area contributed by atoms with Gasteiger partial charge in [0.2, 0.25) is 5.91 Å². The SMILES string of the molecule is COCCCNC(=O)CSc1nnc2ccccn12. The Labute approximate surface area is 115 Å². The van der Waals surface area contributed by atoms with Crippen molar-refractivity contribution in [2.45, 2.75) is 11.6 Å². The summed E-state index contributed by atoms with van der Waals surface area (Å²) < 4.78 is 6.78. The van der Waals surface area contributed by atoms with E-state index >= 15 is 0 Å². The van der Waals surface area contributed by atoms with Gasteiger partial charge in [-0.3, -0.25) is 9.20 Å². The number of hydrogen-bond acceptors (Lipinski definition) is 5. The molecule has 0 fully saturated rings. The van der Waals surface area contributed by atoms with Gasteiger partial charge in [-0.2, -0.15) is 0 Å². The van der Waals surface area contributed by atoms with Crippen LogP contribution in [0.1, 0.15) is 6.42 Å². The molecule has 0 aromatic carbocycles. The maximum atomic E-state index is 11.6. The first-order valence-electron chi connectivity index (χ1n) is 5.99. The summed E-state index contributed by atoms with van der Waals surface area (Å²) in [5.41, 5.74) is 0.783. The van der Waals surface area contributed by atoms with E-state index in [2.05, 4.69) is 15.5 Å². The number of carbonyl (C=O) groups is 1. The van der Waals surface area contributed by atoms with E-state index in [0.717, 1.165) is 17.2 Å². The van der Waals surface area contributed by atoms with E-state index in [1.165, 1.54) is 11.8 Å². The predicted octanol–water partition coefficient (Wildman–Crippen LogP) is 0.974. The Hall–Kier alpha value is -1.60. The number of hydrogen-bond donors (Lipinski definition) is 1. The van der Waals surface area contributed by atoms with E-state index in [1.54, 1.807) is 7.11 Å². The van der Waals surface area contributed by atoms with Crippen molar-refractivity contribution >= 4 is 23.3 Å². The third kappa shape index (κ3) is 3.93. The number of nitrogens with zero attached hydrogens (tertiary/aromatic N) is 3. The topological polar surface area (TPSA) is 68.5 Å². The second kappa shape index (κ2) is 7.10. The number of nitrogens with one attached hydrogen (secondary N) is 1. The standard InChI is InChI=1S/C12H16N4O2S/c1-18-8-4-6-13-11(17)9-19-12-15-14-10-5-2-3-7-16(10)12/h2-3,5,7H,4,6,8-9H2,1H3,(H,13,17). The van der Waals surface area contributed by atoms with Gasteiger partial charge in [-0.15, -0.1) is 10.2 Å². The number of ether oxygens (including phenoxy) is 1. The van der Waals surface area contributed by atoms with Crippen molar-refractivity contribution in [2.75, 3.05) is 26.0 Å². The van der Waals surface area contributed by atoms with E-state index in [1.807, 2.05) is 28.8 Å². The number of thioether (sulfide) groups is 1. The number of fused-ring (bicyclic) bond motifs is 1. The van der Waals surface area contributed by atoms with Crippen LogP contribution in [0.4, 0.5) is 0 Å². The van der Waals surface area contributed by atoms with Crippen molar-refractivity contribution in [3.05, 3.63) is 24.4 Å². The minimum absolute atomic E-state index is 0.00576. The molecular formula is C12H16N4O2S. The van der Waals surface area contributed by atoms with E-state index in [4.69, 9.17) is 4.74 Å². The van der Waals surface area contributed by atoms with Crippen molar-refractivity contribution < 1.29 is 9.53 Å². The fourth-order valence-corrected chi connectivity index (χ4v) is 2.30. The first-order chi connectivity index (χ1) is 9.31. The van der Waals surface area contributed by atoms with Crippen LogP contribution in [-0.4, -0.2) is 46.5 Å². The number of rotatable bonds is 7. The zero-order valence-corrected chi connectivity index (χ0v) is 11.5. The number of carbonyl (C=O) groups excluding carboxylic acids is 1. The molecule has 6 nitrogen and oxygen atoms in total. The zero-order valence-electron chi connectivity index (χ0n) is 10.7. The van der Waals surface area contributed by atoms with Crippen molar-refractivity contribution in [1.29, 1.82) is 0 Å². The molecule has 0 atom stereocenters. The summed E-state index contributed by atoms with van der Waals surface area (Å²) in [6.07, 6.45) is 2.70. The fourth-order valence-electron chi connectivity index (χ4n) is 1.54. The lowest BCUT2D eigenvalue weighted by molar-refractivity contribution is -0.118. The van der Waals surface area contributed by atoms with Crippen molar-refractivity contribution in [3.63, 3.8) is 0 Å². The smallest absolute Gasteiger partial charge is 0.230 e. The summed E-state index contributed by atoms with van der Waals surface area (Å²) in [6.45, 7) is 1.29. The van der Waals surface area contributed by atoms with E-state index < -0.39 is 0 Å². The summed E-state index contributed by atoms with van der Waals surface area (Å²) >= 11 is 1.37. The Balaban J connectivity index is 1.80. The molecule has 0 spiro atoms. The third-order valence-corrected chi connectivity index (χ3v) is 3.41. The summed E-state index contributed by atoms with van der Waals surface area (Å²) in [7, 11) is 1.65. The van der Waals surface area contributed by atoms with Crippen LogP contribution in [-0.2, 0) is 9.53 Å². The van der Waals surface area contributed by atoms with Crippen LogP contribution in [0.25, 0.3) is 5.65 Å². The number of methoxy groups -OCH3 is 1. The average Bonchev–Trinajstić information content (AvgIpc) is 2.85. The van der Waals surface area contributed by atoms with Gasteiger partial charge in [0, 0.05) is 26.5 Å². The molecule has 2 aromatic rings. The first kappa shape index (κ1) is 13.8. The van der Waals surface area contributed by atoms with Gasteiger partial charge in [-0.25, -0.2) is 0 Å². The number of amides is 1. The molecule has 0 aliphatic rings. The van der Waals surface area contributed by atoms with Crippen LogP contribution in [0.3, 0.4) is 0 Å². The van der Waals surface area contributed by atoms with Gasteiger partial charge in [0.05, 0.1) is 5.75 Å². The van der Waals surface area contributed by atoms with E-state index in [9.17, 15) is 4.79 Å². The summed E-state index contributed by atoms with van der Waals surface area (Å²) in [5.74, 6) is 0.330. The Morgan fingerprint density at radius 1 is 1.47 bits per heavy atom. The quantitative estimate of drug-likeness (QED) is 0.604. The molecule has 2 heterocycles. The second-order valence-electron chi connectivity index (χ2n) is 3.90. The van der Waals surface area contributed by atoms with Gasteiger partial charge in [0.25, 0.3) is 0 Å². The molecule has 1 amide bonds. The largest absolute Gasteiger partial charge is 0.385 e. The molecular weight excluding hydrogens is 264 g/mol. The van der Waals surface area contributed by atoms with Gasteiger partial charge in [-0.1, -0.05) is 17.8 Å². The first-order valence-corrected chi connectivity index (χ1v) is 6.98. The molecule has 7 heteroatoms. The molecule has 102 valence electrons. The minimum Gasteiger partial charge on any atom is -0.385 e. The molecule has 2 aromatic heterocycles. The van der Waals surface area contributed by atoms with Crippen molar-refractivity contribution in [3.8, 4) is 0 Å². The molecule has 0 bridgehead atoms. The van der Waals surface area contributed by atoms with Crippen LogP contribution in [0.5, 0.6) is 0 Å². The van der Waals surface area contributed by atoms with Crippen molar-refractivity contribution in [1.82, 2.24) is 19.9 Å². The molecule has 1 N–H and O–H groups in total. The average molecular weight is 280 g/mol. The molecule has 0 unspecified atom stereocenters. The molecule has 0 aliphatic carbocycles. The molecule has 2 rings (SSSR count). The third-order valence-electron chi connectivity index (χ3n) is 2.46. The summed E-state index contributed by atoms with van der Waals surface area (Å²) in [5, 5.41) is 11.6. The number of pyridine rings is 1. The summed E-state index contributed by atoms with van der Waals surface area (Å²) in [6, 6.07) is 5.69. The monoisotopic (exact) mass is 280 g/mol. The van der Waals surface area contributed by atoms with Gasteiger partial charge in [0.15, 0.2) is 10.8 Å². The van der Waals surface area contributed by atoms with Crippen LogP contribution in [0, 0.1) is 0 Å². The van der Waals surface area contributed by atoms with Crippen LogP contribution in [0.15, 0.2) is 29.6 Å². The molecule has 19 heavy (non-hydrogen) atoms. The van der Waals surface area contributed by atoms with Gasteiger partial charge >= 0.3 is 0 Å². The van der Waals surface area contributed by atoms with Gasteiger partial charge in [0.1, 0.15) is 0 Å². The Morgan fingerprint density at radius 3 is 3.21 bits per heavy atom. The summed E-state index contributed by atoms with van der Waals surface area (Å²) in [4.78, 5) is 11.6. The number of aromatic nitrogens is 3. The van der Waals surface area contributed by atoms with Crippen LogP contribution >= 0.6 is 11.8 Å². The Bertz CT molecular complexity index is 543. The van der Waals surface area contributed by atoms with Crippen LogP contribution < -0.4 is 5.32 Å².